The summed E-state index contributed by atoms with van der Waals surface area (Å²) in [6.07, 6.45) is -0.257. The quantitative estimate of drug-likeness (QED) is 0.629. The monoisotopic (exact) mass is 384 g/mol. The highest BCUT2D eigenvalue weighted by atomic mass is 16.6. The molecule has 0 bridgehead atoms. The molecule has 0 aliphatic carbocycles. The zero-order valence-corrected chi connectivity index (χ0v) is 16.3. The Labute approximate surface area is 171 Å². The van der Waals surface area contributed by atoms with Gasteiger partial charge in [-0.2, -0.15) is 0 Å². The summed E-state index contributed by atoms with van der Waals surface area (Å²) in [6.45, 7) is 3.57. The summed E-state index contributed by atoms with van der Waals surface area (Å²) >= 11 is 0. The zero-order chi connectivity index (χ0) is 19.6. The minimum absolute atomic E-state index is 0.209. The molecule has 0 amide bonds. The molecule has 5 rings (SSSR count). The summed E-state index contributed by atoms with van der Waals surface area (Å²) in [4.78, 5) is 17.0. The normalized spacial score (nSPS) is 19.9. The highest BCUT2D eigenvalue weighted by molar-refractivity contribution is 5.93. The maximum absolute atomic E-state index is 12.2. The third-order valence-electron chi connectivity index (χ3n) is 5.94. The Bertz CT molecular complexity index is 942. The lowest BCUT2D eigenvalue weighted by Crippen LogP contribution is -2.49. The van der Waals surface area contributed by atoms with Gasteiger partial charge >= 0.3 is 5.97 Å². The van der Waals surface area contributed by atoms with E-state index in [9.17, 15) is 4.79 Å². The summed E-state index contributed by atoms with van der Waals surface area (Å²) in [7, 11) is 0. The van der Waals surface area contributed by atoms with Crippen molar-refractivity contribution in [3.05, 3.63) is 107 Å². The number of hydrogen-bond donors (Lipinski definition) is 0. The predicted molar refractivity (Wildman–Crippen MR) is 112 cm³/mol. The first-order chi connectivity index (χ1) is 14.3. The molecule has 0 spiro atoms. The predicted octanol–water partition coefficient (Wildman–Crippen LogP) is 4.26. The molecule has 2 heterocycles. The molecule has 1 fully saturated rings. The van der Waals surface area contributed by atoms with E-state index in [4.69, 9.17) is 4.74 Å². The first kappa shape index (κ1) is 18.1. The second kappa shape index (κ2) is 7.82. The summed E-state index contributed by atoms with van der Waals surface area (Å²) in [6, 6.07) is 29.4. The fraction of sp³-hybridized carbons (Fsp3) is 0.240. The summed E-state index contributed by atoms with van der Waals surface area (Å²) in [5, 5.41) is 0. The number of carbonyl (C=O) groups is 1. The Morgan fingerprint density at radius 3 is 1.90 bits per heavy atom. The SMILES string of the molecule is O=C1O[C@H](N2CCN(C(c3ccccc3)c3ccccc3)CC2)c2ccccc21. The van der Waals surface area contributed by atoms with Gasteiger partial charge in [-0.3, -0.25) is 9.80 Å². The van der Waals surface area contributed by atoms with Gasteiger partial charge in [0.1, 0.15) is 0 Å². The Morgan fingerprint density at radius 1 is 0.724 bits per heavy atom. The van der Waals surface area contributed by atoms with Gasteiger partial charge in [-0.25, -0.2) is 4.79 Å². The summed E-state index contributed by atoms with van der Waals surface area (Å²) in [5.41, 5.74) is 4.31. The van der Waals surface area contributed by atoms with Crippen LogP contribution in [0.3, 0.4) is 0 Å². The molecule has 1 saturated heterocycles. The first-order valence-electron chi connectivity index (χ1n) is 10.2. The van der Waals surface area contributed by atoms with Gasteiger partial charge in [0.2, 0.25) is 0 Å². The van der Waals surface area contributed by atoms with E-state index in [1.54, 1.807) is 0 Å². The fourth-order valence-electron chi connectivity index (χ4n) is 4.51. The number of esters is 1. The van der Waals surface area contributed by atoms with Crippen molar-refractivity contribution in [1.29, 1.82) is 0 Å². The molecule has 0 N–H and O–H groups in total. The standard InChI is InChI=1S/C25H24N2O2/c28-25-22-14-8-7-13-21(22)24(29-25)27-17-15-26(16-18-27)23(19-9-3-1-4-10-19)20-11-5-2-6-12-20/h1-14,23-24H,15-18H2/t24-/m0/s1. The molecule has 2 aliphatic heterocycles. The number of ether oxygens (including phenoxy) is 1. The molecule has 0 radical (unpaired) electrons. The number of hydrogen-bond acceptors (Lipinski definition) is 4. The molecule has 0 aromatic heterocycles. The van der Waals surface area contributed by atoms with Crippen LogP contribution in [-0.4, -0.2) is 41.9 Å². The Hall–Kier alpha value is -2.95. The van der Waals surface area contributed by atoms with E-state index in [-0.39, 0.29) is 18.2 Å². The molecule has 0 unspecified atom stereocenters. The fourth-order valence-corrected chi connectivity index (χ4v) is 4.51. The zero-order valence-electron chi connectivity index (χ0n) is 16.3. The van der Waals surface area contributed by atoms with Crippen LogP contribution in [0.5, 0.6) is 0 Å². The van der Waals surface area contributed by atoms with Crippen LogP contribution >= 0.6 is 0 Å². The molecule has 4 nitrogen and oxygen atoms in total. The maximum Gasteiger partial charge on any atom is 0.340 e. The summed E-state index contributed by atoms with van der Waals surface area (Å²) in [5.74, 6) is -0.209. The number of rotatable bonds is 4. The summed E-state index contributed by atoms with van der Waals surface area (Å²) < 4.78 is 5.70. The van der Waals surface area contributed by atoms with Crippen LogP contribution in [0, 0.1) is 0 Å². The molecular weight excluding hydrogens is 360 g/mol. The van der Waals surface area contributed by atoms with Gasteiger partial charge in [0.05, 0.1) is 11.6 Å². The molecule has 1 atom stereocenters. The average Bonchev–Trinajstić information content (AvgIpc) is 3.13. The Kier molecular flexibility index (Phi) is 4.88. The van der Waals surface area contributed by atoms with Gasteiger partial charge in [0.25, 0.3) is 0 Å². The average molecular weight is 384 g/mol. The second-order valence-electron chi connectivity index (χ2n) is 7.64. The van der Waals surface area contributed by atoms with Crippen LogP contribution in [0.15, 0.2) is 84.9 Å². The van der Waals surface area contributed by atoms with E-state index >= 15 is 0 Å². The molecule has 3 aromatic carbocycles. The lowest BCUT2D eigenvalue weighted by Gasteiger charge is -2.41. The van der Waals surface area contributed by atoms with Crippen molar-refractivity contribution in [2.45, 2.75) is 12.3 Å². The number of piperazine rings is 1. The number of carbonyl (C=O) groups excluding carboxylic acids is 1. The number of benzene rings is 3. The van der Waals surface area contributed by atoms with Crippen molar-refractivity contribution >= 4 is 5.97 Å². The lowest BCUT2D eigenvalue weighted by atomic mass is 9.96. The first-order valence-corrected chi connectivity index (χ1v) is 10.2. The molecule has 146 valence electrons. The highest BCUT2D eigenvalue weighted by Crippen LogP contribution is 2.35. The van der Waals surface area contributed by atoms with Crippen LogP contribution in [0.2, 0.25) is 0 Å². The minimum Gasteiger partial charge on any atom is -0.438 e. The molecular formula is C25H24N2O2. The van der Waals surface area contributed by atoms with E-state index in [0.717, 1.165) is 31.7 Å². The van der Waals surface area contributed by atoms with Gasteiger partial charge in [-0.15, -0.1) is 0 Å². The molecule has 2 aliphatic rings. The van der Waals surface area contributed by atoms with E-state index in [0.29, 0.717) is 5.56 Å². The smallest absolute Gasteiger partial charge is 0.340 e. The van der Waals surface area contributed by atoms with Crippen LogP contribution < -0.4 is 0 Å². The van der Waals surface area contributed by atoms with Gasteiger partial charge < -0.3 is 4.74 Å². The van der Waals surface area contributed by atoms with E-state index < -0.39 is 0 Å². The van der Waals surface area contributed by atoms with E-state index in [1.807, 2.05) is 24.3 Å². The highest BCUT2D eigenvalue weighted by Gasteiger charge is 2.37. The van der Waals surface area contributed by atoms with Gasteiger partial charge in [-0.1, -0.05) is 78.9 Å². The largest absolute Gasteiger partial charge is 0.438 e. The van der Waals surface area contributed by atoms with E-state index in [1.165, 1.54) is 11.1 Å². The number of cyclic esters (lactones) is 1. The van der Waals surface area contributed by atoms with Crippen LogP contribution in [0.1, 0.15) is 39.3 Å². The van der Waals surface area contributed by atoms with Crippen molar-refractivity contribution in [2.75, 3.05) is 26.2 Å². The van der Waals surface area contributed by atoms with Gasteiger partial charge in [-0.05, 0) is 17.2 Å². The van der Waals surface area contributed by atoms with Crippen molar-refractivity contribution in [2.24, 2.45) is 0 Å². The Morgan fingerprint density at radius 2 is 1.28 bits per heavy atom. The minimum atomic E-state index is -0.257. The lowest BCUT2D eigenvalue weighted by molar-refractivity contribution is -0.0442. The third-order valence-corrected chi connectivity index (χ3v) is 5.94. The van der Waals surface area contributed by atoms with E-state index in [2.05, 4.69) is 70.5 Å². The topological polar surface area (TPSA) is 32.8 Å². The van der Waals surface area contributed by atoms with Crippen LogP contribution in [-0.2, 0) is 4.74 Å². The van der Waals surface area contributed by atoms with Crippen LogP contribution in [0.25, 0.3) is 0 Å². The van der Waals surface area contributed by atoms with Crippen molar-refractivity contribution in [3.8, 4) is 0 Å². The molecule has 4 heteroatoms. The van der Waals surface area contributed by atoms with Crippen molar-refractivity contribution < 1.29 is 9.53 Å². The Balaban J connectivity index is 1.36. The van der Waals surface area contributed by atoms with Gasteiger partial charge in [0, 0.05) is 31.7 Å². The van der Waals surface area contributed by atoms with Crippen LogP contribution in [0.4, 0.5) is 0 Å². The molecule has 29 heavy (non-hydrogen) atoms. The van der Waals surface area contributed by atoms with Gasteiger partial charge in [0.15, 0.2) is 6.23 Å². The molecule has 3 aromatic rings. The second-order valence-corrected chi connectivity index (χ2v) is 7.64. The molecule has 0 saturated carbocycles. The maximum atomic E-state index is 12.2. The third kappa shape index (κ3) is 3.46. The number of fused-ring (bicyclic) bond motifs is 1. The van der Waals surface area contributed by atoms with Crippen molar-refractivity contribution in [3.63, 3.8) is 0 Å². The number of nitrogens with zero attached hydrogens (tertiary/aromatic N) is 2. The van der Waals surface area contributed by atoms with Crippen molar-refractivity contribution in [1.82, 2.24) is 9.80 Å².